The van der Waals surface area contributed by atoms with Crippen LogP contribution in [0.3, 0.4) is 0 Å². The lowest BCUT2D eigenvalue weighted by Crippen LogP contribution is -2.65. The Labute approximate surface area is 121 Å². The number of hydrogen-bond donors (Lipinski definition) is 4. The summed E-state index contributed by atoms with van der Waals surface area (Å²) < 4.78 is 15.7. The second-order valence-electron chi connectivity index (χ2n) is 4.64. The molecule has 1 fully saturated rings. The lowest BCUT2D eigenvalue weighted by Gasteiger charge is -2.43. The first kappa shape index (κ1) is 18.0. The van der Waals surface area contributed by atoms with E-state index < -0.39 is 55.9 Å². The van der Waals surface area contributed by atoms with Gasteiger partial charge in [-0.2, -0.15) is 0 Å². The Kier molecular flexibility index (Phi) is 7.15. The van der Waals surface area contributed by atoms with E-state index in [0.29, 0.717) is 6.29 Å². The van der Waals surface area contributed by atoms with Gasteiger partial charge in [0.15, 0.2) is 12.6 Å². The molecule has 0 saturated carbocycles. The Morgan fingerprint density at radius 3 is 2.57 bits per heavy atom. The van der Waals surface area contributed by atoms with E-state index >= 15 is 0 Å². The van der Waals surface area contributed by atoms with Crippen LogP contribution in [0.25, 0.3) is 0 Å². The Hall–Kier alpha value is -1.10. The minimum Gasteiger partial charge on any atom is -0.394 e. The number of aliphatic hydroxyl groups is 3. The number of carbonyl (C=O) groups is 2. The molecule has 6 atom stereocenters. The van der Waals surface area contributed by atoms with Crippen LogP contribution in [0.2, 0.25) is 0 Å². The van der Waals surface area contributed by atoms with Gasteiger partial charge in [0.2, 0.25) is 5.91 Å². The molecule has 1 amide bonds. The van der Waals surface area contributed by atoms with Crippen molar-refractivity contribution in [3.8, 4) is 0 Å². The smallest absolute Gasteiger partial charge is 0.217 e. The highest BCUT2D eigenvalue weighted by molar-refractivity contribution is 5.73. The largest absolute Gasteiger partial charge is 0.394 e. The van der Waals surface area contributed by atoms with Gasteiger partial charge in [-0.05, 0) is 0 Å². The standard InChI is InChI=1S/C12H21NO8/c1-6(17)13-9-10(18)11(19-2)8(5-16)21-12(9)20-7(3-14)4-15/h3,7-12,15-16,18H,4-5H2,1-2H3,(H,13,17)/t7?,8-,9-,10-,11-,12-/m1/s1. The Balaban J connectivity index is 2.93. The van der Waals surface area contributed by atoms with Crippen molar-refractivity contribution in [3.05, 3.63) is 0 Å². The molecular weight excluding hydrogens is 286 g/mol. The number of amides is 1. The van der Waals surface area contributed by atoms with Crippen molar-refractivity contribution >= 4 is 12.2 Å². The lowest BCUT2D eigenvalue weighted by molar-refractivity contribution is -0.283. The van der Waals surface area contributed by atoms with Gasteiger partial charge in [-0.25, -0.2) is 0 Å². The van der Waals surface area contributed by atoms with Crippen molar-refractivity contribution in [1.29, 1.82) is 0 Å². The summed E-state index contributed by atoms with van der Waals surface area (Å²) in [5.41, 5.74) is 0. The van der Waals surface area contributed by atoms with E-state index in [2.05, 4.69) is 5.32 Å². The zero-order valence-corrected chi connectivity index (χ0v) is 11.8. The van der Waals surface area contributed by atoms with Gasteiger partial charge in [-0.1, -0.05) is 0 Å². The van der Waals surface area contributed by atoms with Gasteiger partial charge >= 0.3 is 0 Å². The van der Waals surface area contributed by atoms with Crippen LogP contribution in [0.15, 0.2) is 0 Å². The fourth-order valence-electron chi connectivity index (χ4n) is 2.15. The van der Waals surface area contributed by atoms with Crippen molar-refractivity contribution < 1.29 is 39.1 Å². The number of ether oxygens (including phenoxy) is 3. The maximum absolute atomic E-state index is 11.2. The molecule has 1 saturated heterocycles. The zero-order valence-electron chi connectivity index (χ0n) is 11.8. The fraction of sp³-hybridized carbons (Fsp3) is 0.833. The second-order valence-corrected chi connectivity index (χ2v) is 4.64. The molecule has 122 valence electrons. The van der Waals surface area contributed by atoms with Crippen LogP contribution in [0.4, 0.5) is 0 Å². The Morgan fingerprint density at radius 2 is 2.14 bits per heavy atom. The third kappa shape index (κ3) is 4.43. The third-order valence-electron chi connectivity index (χ3n) is 3.14. The van der Waals surface area contributed by atoms with E-state index in [4.69, 9.17) is 19.3 Å². The van der Waals surface area contributed by atoms with Gasteiger partial charge in [0.1, 0.15) is 30.5 Å². The van der Waals surface area contributed by atoms with Crippen molar-refractivity contribution in [2.75, 3.05) is 20.3 Å². The molecule has 1 rings (SSSR count). The van der Waals surface area contributed by atoms with Gasteiger partial charge in [-0.15, -0.1) is 0 Å². The number of hydrogen-bond acceptors (Lipinski definition) is 8. The van der Waals surface area contributed by atoms with E-state index in [0.717, 1.165) is 0 Å². The lowest BCUT2D eigenvalue weighted by atomic mass is 9.96. The molecular formula is C12H21NO8. The van der Waals surface area contributed by atoms with E-state index in [1.54, 1.807) is 0 Å². The SMILES string of the molecule is CO[C@H]1[C@H](O)[C@@H](NC(C)=O)[C@H](OC(C=O)CO)O[C@@H]1CO. The summed E-state index contributed by atoms with van der Waals surface area (Å²) in [5.74, 6) is -0.444. The van der Waals surface area contributed by atoms with Gasteiger partial charge in [-0.3, -0.25) is 4.79 Å². The average Bonchev–Trinajstić information content (AvgIpc) is 2.47. The van der Waals surface area contributed by atoms with Crippen LogP contribution in [-0.2, 0) is 23.8 Å². The van der Waals surface area contributed by atoms with E-state index in [9.17, 15) is 19.8 Å². The van der Waals surface area contributed by atoms with E-state index in [1.807, 2.05) is 0 Å². The summed E-state index contributed by atoms with van der Waals surface area (Å²) in [6.07, 6.45) is -5.01. The van der Waals surface area contributed by atoms with Crippen LogP contribution in [0, 0.1) is 0 Å². The average molecular weight is 307 g/mol. The summed E-state index contributed by atoms with van der Waals surface area (Å²) >= 11 is 0. The summed E-state index contributed by atoms with van der Waals surface area (Å²) in [5, 5.41) is 30.9. The van der Waals surface area contributed by atoms with Crippen molar-refractivity contribution in [1.82, 2.24) is 5.32 Å². The van der Waals surface area contributed by atoms with Crippen molar-refractivity contribution in [2.45, 2.75) is 43.7 Å². The number of aliphatic hydroxyl groups excluding tert-OH is 3. The molecule has 0 spiro atoms. The molecule has 0 aliphatic carbocycles. The summed E-state index contributed by atoms with van der Waals surface area (Å²) in [4.78, 5) is 22.0. The monoisotopic (exact) mass is 307 g/mol. The van der Waals surface area contributed by atoms with Crippen LogP contribution in [0.1, 0.15) is 6.92 Å². The number of carbonyl (C=O) groups excluding carboxylic acids is 2. The molecule has 0 radical (unpaired) electrons. The maximum atomic E-state index is 11.2. The zero-order chi connectivity index (χ0) is 16.0. The normalized spacial score (nSPS) is 34.2. The highest BCUT2D eigenvalue weighted by Crippen LogP contribution is 2.24. The molecule has 1 aliphatic heterocycles. The first-order chi connectivity index (χ1) is 9.98. The third-order valence-corrected chi connectivity index (χ3v) is 3.14. The second kappa shape index (κ2) is 8.37. The topological polar surface area (TPSA) is 135 Å². The number of nitrogens with one attached hydrogen (secondary N) is 1. The molecule has 1 heterocycles. The molecule has 0 bridgehead atoms. The quantitative estimate of drug-likeness (QED) is 0.369. The fourth-order valence-corrected chi connectivity index (χ4v) is 2.15. The van der Waals surface area contributed by atoms with Gasteiger partial charge in [0.25, 0.3) is 0 Å². The van der Waals surface area contributed by atoms with Gasteiger partial charge < -0.3 is 39.6 Å². The molecule has 21 heavy (non-hydrogen) atoms. The maximum Gasteiger partial charge on any atom is 0.217 e. The minimum atomic E-state index is -1.22. The number of methoxy groups -OCH3 is 1. The van der Waals surface area contributed by atoms with Crippen LogP contribution >= 0.6 is 0 Å². The van der Waals surface area contributed by atoms with Crippen LogP contribution in [-0.4, -0.2) is 84.6 Å². The van der Waals surface area contributed by atoms with Crippen molar-refractivity contribution in [3.63, 3.8) is 0 Å². The highest BCUT2D eigenvalue weighted by atomic mass is 16.7. The Bertz CT molecular complexity index is 352. The molecule has 1 unspecified atom stereocenters. The molecule has 0 aromatic rings. The number of aldehydes is 1. The summed E-state index contributed by atoms with van der Waals surface area (Å²) in [6.45, 7) is 0.212. The predicted molar refractivity (Wildman–Crippen MR) is 68.2 cm³/mol. The van der Waals surface area contributed by atoms with Gasteiger partial charge in [0.05, 0.1) is 13.2 Å². The molecule has 1 aliphatic rings. The predicted octanol–water partition coefficient (Wildman–Crippen LogP) is -2.84. The molecule has 4 N–H and O–H groups in total. The first-order valence-electron chi connectivity index (χ1n) is 6.44. The van der Waals surface area contributed by atoms with Gasteiger partial charge in [0, 0.05) is 14.0 Å². The summed E-state index contributed by atoms with van der Waals surface area (Å²) in [6, 6.07) is -1.01. The molecule has 9 heteroatoms. The highest BCUT2D eigenvalue weighted by Gasteiger charge is 2.47. The van der Waals surface area contributed by atoms with Crippen molar-refractivity contribution in [2.24, 2.45) is 0 Å². The van der Waals surface area contributed by atoms with E-state index in [-0.39, 0.29) is 0 Å². The molecule has 0 aromatic carbocycles. The van der Waals surface area contributed by atoms with Crippen LogP contribution in [0.5, 0.6) is 0 Å². The Morgan fingerprint density at radius 1 is 1.48 bits per heavy atom. The number of rotatable bonds is 7. The minimum absolute atomic E-state index is 0.372. The molecule has 9 nitrogen and oxygen atoms in total. The molecule has 0 aromatic heterocycles. The van der Waals surface area contributed by atoms with E-state index in [1.165, 1.54) is 14.0 Å². The summed E-state index contributed by atoms with van der Waals surface area (Å²) in [7, 11) is 1.33. The first-order valence-corrected chi connectivity index (χ1v) is 6.44. The van der Waals surface area contributed by atoms with Crippen LogP contribution < -0.4 is 5.32 Å².